The van der Waals surface area contributed by atoms with Crippen molar-refractivity contribution in [3.63, 3.8) is 0 Å². The van der Waals surface area contributed by atoms with Gasteiger partial charge in [-0.15, -0.1) is 0 Å². The zero-order valence-electron chi connectivity index (χ0n) is 16.5. The molecule has 0 aliphatic heterocycles. The lowest BCUT2D eigenvalue weighted by molar-refractivity contribution is -0.115. The van der Waals surface area contributed by atoms with Crippen LogP contribution in [-0.2, 0) is 11.3 Å². The number of allylic oxidation sites excluding steroid dienone is 1. The fourth-order valence-electron chi connectivity index (χ4n) is 2.86. The van der Waals surface area contributed by atoms with E-state index in [0.717, 1.165) is 23.0 Å². The monoisotopic (exact) mass is 367 g/mol. The number of carbonyl (C=O) groups is 2. The number of aryl methyl sites for hydroxylation is 2. The van der Waals surface area contributed by atoms with E-state index in [4.69, 9.17) is 0 Å². The fourth-order valence-corrected chi connectivity index (χ4v) is 2.86. The molecule has 4 heteroatoms. The van der Waals surface area contributed by atoms with Gasteiger partial charge in [0.25, 0.3) is 5.91 Å². The number of halogens is 1. The van der Waals surface area contributed by atoms with Crippen LogP contribution in [0, 0.1) is 25.6 Å². The maximum atomic E-state index is 13.7. The summed E-state index contributed by atoms with van der Waals surface area (Å²) in [7, 11) is 0. The Kier molecular flexibility index (Phi) is 6.67. The van der Waals surface area contributed by atoms with Gasteiger partial charge in [0.1, 0.15) is 12.1 Å². The molecule has 0 bridgehead atoms. The molecule has 0 aliphatic rings. The summed E-state index contributed by atoms with van der Waals surface area (Å²) in [5.74, 6) is -0.298. The smallest absolute Gasteiger partial charge is 0.252 e. The highest BCUT2D eigenvalue weighted by Gasteiger charge is 2.19. The molecule has 2 aromatic carbocycles. The summed E-state index contributed by atoms with van der Waals surface area (Å²) in [5.41, 5.74) is 5.10. The van der Waals surface area contributed by atoms with Gasteiger partial charge in [-0.1, -0.05) is 43.7 Å². The number of nitrogens with one attached hydrogen (secondary N) is 1. The number of carbonyl (C=O) groups excluding carboxylic acids is 2. The molecule has 27 heavy (non-hydrogen) atoms. The van der Waals surface area contributed by atoms with Crippen molar-refractivity contribution >= 4 is 17.8 Å². The lowest BCUT2D eigenvalue weighted by Gasteiger charge is -2.18. The first kappa shape index (κ1) is 20.6. The molecule has 1 amide bonds. The van der Waals surface area contributed by atoms with E-state index in [2.05, 4.69) is 5.32 Å². The Morgan fingerprint density at radius 3 is 2.37 bits per heavy atom. The lowest BCUT2D eigenvalue weighted by atomic mass is 9.90. The molecule has 0 unspecified atom stereocenters. The van der Waals surface area contributed by atoms with Crippen molar-refractivity contribution in [2.45, 2.75) is 41.2 Å². The molecule has 0 aliphatic carbocycles. The zero-order valence-corrected chi connectivity index (χ0v) is 16.5. The molecule has 3 nitrogen and oxygen atoms in total. The van der Waals surface area contributed by atoms with Crippen LogP contribution in [0.5, 0.6) is 0 Å². The van der Waals surface area contributed by atoms with Crippen molar-refractivity contribution in [2.75, 3.05) is 0 Å². The average Bonchev–Trinajstić information content (AvgIpc) is 2.63. The van der Waals surface area contributed by atoms with E-state index in [1.807, 2.05) is 39.8 Å². The van der Waals surface area contributed by atoms with E-state index in [-0.39, 0.29) is 24.2 Å². The van der Waals surface area contributed by atoms with Gasteiger partial charge >= 0.3 is 0 Å². The Labute approximate surface area is 160 Å². The van der Waals surface area contributed by atoms with Crippen molar-refractivity contribution in [3.8, 4) is 0 Å². The Bertz CT molecular complexity index is 897. The number of hydrogen-bond acceptors (Lipinski definition) is 2. The summed E-state index contributed by atoms with van der Waals surface area (Å²) in [6.45, 7) is 9.85. The van der Waals surface area contributed by atoms with Crippen LogP contribution in [0.3, 0.4) is 0 Å². The van der Waals surface area contributed by atoms with Gasteiger partial charge in [0.15, 0.2) is 0 Å². The summed E-state index contributed by atoms with van der Waals surface area (Å²) in [5, 5.41) is 2.90. The Hall–Kier alpha value is -2.75. The summed E-state index contributed by atoms with van der Waals surface area (Å²) < 4.78 is 13.7. The third kappa shape index (κ3) is 4.91. The number of rotatable bonds is 6. The van der Waals surface area contributed by atoms with Crippen LogP contribution in [0.15, 0.2) is 42.0 Å². The molecule has 142 valence electrons. The number of benzene rings is 2. The van der Waals surface area contributed by atoms with Gasteiger partial charge in [-0.3, -0.25) is 9.59 Å². The SMILES string of the molecule is C/C(=C(/C(=O)NCc1ccc(C)c(F)c1)c1ccc(C=O)cc1C)C(C)C. The van der Waals surface area contributed by atoms with Gasteiger partial charge in [0.05, 0.1) is 0 Å². The Morgan fingerprint density at radius 1 is 1.11 bits per heavy atom. The van der Waals surface area contributed by atoms with Crippen LogP contribution in [0.2, 0.25) is 0 Å². The second-order valence-electron chi connectivity index (χ2n) is 7.17. The highest BCUT2D eigenvalue weighted by Crippen LogP contribution is 2.27. The molecule has 0 atom stereocenters. The quantitative estimate of drug-likeness (QED) is 0.577. The highest BCUT2D eigenvalue weighted by molar-refractivity contribution is 6.20. The van der Waals surface area contributed by atoms with E-state index in [1.54, 1.807) is 25.1 Å². The number of amides is 1. The van der Waals surface area contributed by atoms with E-state index in [9.17, 15) is 14.0 Å². The first-order chi connectivity index (χ1) is 12.7. The van der Waals surface area contributed by atoms with Gasteiger partial charge in [-0.2, -0.15) is 0 Å². The van der Waals surface area contributed by atoms with Gasteiger partial charge in [-0.25, -0.2) is 4.39 Å². The fraction of sp³-hybridized carbons (Fsp3) is 0.304. The topological polar surface area (TPSA) is 46.2 Å². The number of aldehydes is 1. The summed E-state index contributed by atoms with van der Waals surface area (Å²) in [6, 6.07) is 10.3. The Morgan fingerprint density at radius 2 is 1.81 bits per heavy atom. The van der Waals surface area contributed by atoms with Gasteiger partial charge in [0.2, 0.25) is 0 Å². The summed E-state index contributed by atoms with van der Waals surface area (Å²) >= 11 is 0. The maximum absolute atomic E-state index is 13.7. The largest absolute Gasteiger partial charge is 0.348 e. The van der Waals surface area contributed by atoms with Crippen LogP contribution in [0.4, 0.5) is 4.39 Å². The van der Waals surface area contributed by atoms with Crippen molar-refractivity contribution in [1.29, 1.82) is 0 Å². The molecule has 0 saturated heterocycles. The van der Waals surface area contributed by atoms with Crippen LogP contribution in [0.25, 0.3) is 5.57 Å². The molecule has 0 radical (unpaired) electrons. The minimum atomic E-state index is -0.281. The molecule has 0 heterocycles. The normalized spacial score (nSPS) is 12.0. The molecule has 0 fully saturated rings. The van der Waals surface area contributed by atoms with Crippen molar-refractivity contribution in [1.82, 2.24) is 5.32 Å². The summed E-state index contributed by atoms with van der Waals surface area (Å²) in [6.07, 6.45) is 0.793. The minimum absolute atomic E-state index is 0.188. The van der Waals surface area contributed by atoms with Gasteiger partial charge in [0, 0.05) is 17.7 Å². The van der Waals surface area contributed by atoms with Crippen LogP contribution in [0.1, 0.15) is 53.4 Å². The van der Waals surface area contributed by atoms with Crippen LogP contribution in [-0.4, -0.2) is 12.2 Å². The molecule has 1 N–H and O–H groups in total. The average molecular weight is 367 g/mol. The predicted molar refractivity (Wildman–Crippen MR) is 107 cm³/mol. The third-order valence-corrected chi connectivity index (χ3v) is 4.83. The van der Waals surface area contributed by atoms with Gasteiger partial charge < -0.3 is 5.32 Å². The third-order valence-electron chi connectivity index (χ3n) is 4.83. The first-order valence-corrected chi connectivity index (χ1v) is 9.04. The predicted octanol–water partition coefficient (Wildman–Crippen LogP) is 5.00. The minimum Gasteiger partial charge on any atom is -0.348 e. The van der Waals surface area contributed by atoms with Crippen molar-refractivity contribution < 1.29 is 14.0 Å². The molecule has 0 spiro atoms. The van der Waals surface area contributed by atoms with Crippen molar-refractivity contribution in [2.24, 2.45) is 5.92 Å². The van der Waals surface area contributed by atoms with Crippen LogP contribution < -0.4 is 5.32 Å². The van der Waals surface area contributed by atoms with E-state index < -0.39 is 0 Å². The summed E-state index contributed by atoms with van der Waals surface area (Å²) in [4.78, 5) is 24.0. The van der Waals surface area contributed by atoms with E-state index in [0.29, 0.717) is 22.3 Å². The molecular weight excluding hydrogens is 341 g/mol. The first-order valence-electron chi connectivity index (χ1n) is 9.04. The molecule has 0 aromatic heterocycles. The van der Waals surface area contributed by atoms with Crippen molar-refractivity contribution in [3.05, 3.63) is 75.6 Å². The van der Waals surface area contributed by atoms with Gasteiger partial charge in [-0.05, 0) is 61.1 Å². The molecule has 2 aromatic rings. The molecular formula is C23H26FNO2. The number of hydrogen-bond donors (Lipinski definition) is 1. The van der Waals surface area contributed by atoms with Crippen LogP contribution >= 0.6 is 0 Å². The molecule has 0 saturated carbocycles. The second-order valence-corrected chi connectivity index (χ2v) is 7.17. The zero-order chi connectivity index (χ0) is 20.1. The van der Waals surface area contributed by atoms with E-state index >= 15 is 0 Å². The maximum Gasteiger partial charge on any atom is 0.252 e. The lowest BCUT2D eigenvalue weighted by Crippen LogP contribution is -2.25. The standard InChI is InChI=1S/C23H26FNO2/c1-14(2)17(5)22(20-9-8-19(13-26)10-16(20)4)23(27)25-12-18-7-6-15(3)21(24)11-18/h6-11,13-14H,12H2,1-5H3,(H,25,27)/b22-17-. The molecule has 2 rings (SSSR count). The second kappa shape index (κ2) is 8.76. The van der Waals surface area contributed by atoms with E-state index in [1.165, 1.54) is 6.07 Å². The highest BCUT2D eigenvalue weighted by atomic mass is 19.1. The Balaban J connectivity index is 2.34.